The molecule has 0 radical (unpaired) electrons. The molecule has 2 rings (SSSR count). The van der Waals surface area contributed by atoms with Crippen molar-refractivity contribution < 1.29 is 13.2 Å². The van der Waals surface area contributed by atoms with Gasteiger partial charge in [0.1, 0.15) is 11.5 Å². The van der Waals surface area contributed by atoms with Gasteiger partial charge in [0, 0.05) is 32.2 Å². The molecule has 3 nitrogen and oxygen atoms in total. The molecule has 0 atom stereocenters. The van der Waals surface area contributed by atoms with Crippen LogP contribution in [0.3, 0.4) is 0 Å². The van der Waals surface area contributed by atoms with E-state index in [2.05, 4.69) is 23.7 Å². The summed E-state index contributed by atoms with van der Waals surface area (Å²) in [5.41, 5.74) is -0.819. The van der Waals surface area contributed by atoms with Gasteiger partial charge in [0.05, 0.1) is 0 Å². The van der Waals surface area contributed by atoms with Crippen LogP contribution < -0.4 is 4.90 Å². The monoisotopic (exact) mass is 287 g/mol. The fourth-order valence-corrected chi connectivity index (χ4v) is 2.44. The van der Waals surface area contributed by atoms with Crippen LogP contribution in [0.15, 0.2) is 18.2 Å². The van der Waals surface area contributed by atoms with Gasteiger partial charge in [0.15, 0.2) is 0 Å². The molecule has 1 aromatic rings. The van der Waals surface area contributed by atoms with Crippen molar-refractivity contribution in [2.75, 3.05) is 31.1 Å². The van der Waals surface area contributed by atoms with Crippen molar-refractivity contribution in [3.63, 3.8) is 0 Å². The zero-order valence-corrected chi connectivity index (χ0v) is 11.8. The molecule has 0 saturated carbocycles. The van der Waals surface area contributed by atoms with E-state index in [1.807, 2.05) is 4.90 Å². The molecule has 0 aliphatic carbocycles. The predicted molar refractivity (Wildman–Crippen MR) is 72.8 cm³/mol. The minimum Gasteiger partial charge on any atom is -0.355 e. The average Bonchev–Trinajstić information content (AvgIpc) is 2.63. The van der Waals surface area contributed by atoms with Gasteiger partial charge in [-0.1, -0.05) is 6.07 Å². The summed E-state index contributed by atoms with van der Waals surface area (Å²) >= 11 is 0. The van der Waals surface area contributed by atoms with Gasteiger partial charge in [-0.15, -0.1) is 0 Å². The van der Waals surface area contributed by atoms with Crippen molar-refractivity contribution in [1.82, 2.24) is 9.88 Å². The summed E-state index contributed by atoms with van der Waals surface area (Å²) in [6.45, 7) is 7.57. The van der Waals surface area contributed by atoms with E-state index in [0.29, 0.717) is 18.4 Å². The Balaban J connectivity index is 2.12. The molecule has 0 spiro atoms. The van der Waals surface area contributed by atoms with Crippen LogP contribution in [0, 0.1) is 0 Å². The summed E-state index contributed by atoms with van der Waals surface area (Å²) in [6.07, 6.45) is -3.44. The van der Waals surface area contributed by atoms with Gasteiger partial charge in [0.25, 0.3) is 0 Å². The molecular formula is C14H20F3N3. The number of nitrogens with zero attached hydrogens (tertiary/aromatic N) is 3. The van der Waals surface area contributed by atoms with Crippen molar-refractivity contribution in [1.29, 1.82) is 0 Å². The van der Waals surface area contributed by atoms with E-state index >= 15 is 0 Å². The highest BCUT2D eigenvalue weighted by molar-refractivity contribution is 5.40. The first-order valence-corrected chi connectivity index (χ1v) is 6.91. The highest BCUT2D eigenvalue weighted by atomic mass is 19.4. The lowest BCUT2D eigenvalue weighted by Gasteiger charge is -2.25. The maximum absolute atomic E-state index is 12.7. The average molecular weight is 287 g/mol. The zero-order chi connectivity index (χ0) is 14.8. The summed E-state index contributed by atoms with van der Waals surface area (Å²) in [4.78, 5) is 8.04. The van der Waals surface area contributed by atoms with E-state index in [0.717, 1.165) is 32.1 Å². The molecule has 0 N–H and O–H groups in total. The fourth-order valence-electron chi connectivity index (χ4n) is 2.44. The summed E-state index contributed by atoms with van der Waals surface area (Å²) in [7, 11) is 0. The largest absolute Gasteiger partial charge is 0.433 e. The van der Waals surface area contributed by atoms with Crippen molar-refractivity contribution in [2.45, 2.75) is 32.5 Å². The molecule has 1 saturated heterocycles. The third-order valence-electron chi connectivity index (χ3n) is 3.61. The minimum atomic E-state index is -4.38. The Hall–Kier alpha value is -1.30. The Kier molecular flexibility index (Phi) is 4.52. The third-order valence-corrected chi connectivity index (χ3v) is 3.61. The SMILES string of the molecule is CC(C)N1CCCN(c2cccc(C(F)(F)F)n2)CC1. The number of halogens is 3. The van der Waals surface area contributed by atoms with Crippen LogP contribution in [0.4, 0.5) is 19.0 Å². The molecule has 0 unspecified atom stereocenters. The molecule has 1 fully saturated rings. The van der Waals surface area contributed by atoms with E-state index in [-0.39, 0.29) is 0 Å². The molecule has 20 heavy (non-hydrogen) atoms. The first kappa shape index (κ1) is 15.1. The van der Waals surface area contributed by atoms with Crippen LogP contribution >= 0.6 is 0 Å². The molecule has 1 aliphatic rings. The Morgan fingerprint density at radius 2 is 1.85 bits per heavy atom. The topological polar surface area (TPSA) is 19.4 Å². The lowest BCUT2D eigenvalue weighted by Crippen LogP contribution is -2.35. The Morgan fingerprint density at radius 1 is 1.10 bits per heavy atom. The summed E-state index contributed by atoms with van der Waals surface area (Å²) in [5, 5.41) is 0. The molecule has 1 aliphatic heterocycles. The molecule has 0 bridgehead atoms. The molecule has 0 amide bonds. The Labute approximate surface area is 117 Å². The van der Waals surface area contributed by atoms with Crippen LogP contribution in [-0.4, -0.2) is 42.1 Å². The van der Waals surface area contributed by atoms with E-state index in [4.69, 9.17) is 0 Å². The molecule has 1 aromatic heterocycles. The van der Waals surface area contributed by atoms with Gasteiger partial charge >= 0.3 is 6.18 Å². The lowest BCUT2D eigenvalue weighted by atomic mass is 10.3. The van der Waals surface area contributed by atoms with E-state index in [1.54, 1.807) is 6.07 Å². The maximum Gasteiger partial charge on any atom is 0.433 e. The Bertz CT molecular complexity index is 446. The smallest absolute Gasteiger partial charge is 0.355 e. The van der Waals surface area contributed by atoms with Crippen molar-refractivity contribution >= 4 is 5.82 Å². The van der Waals surface area contributed by atoms with Crippen LogP contribution in [-0.2, 0) is 6.18 Å². The van der Waals surface area contributed by atoms with Gasteiger partial charge in [-0.2, -0.15) is 13.2 Å². The second-order valence-corrected chi connectivity index (χ2v) is 5.35. The first-order valence-electron chi connectivity index (χ1n) is 6.91. The fraction of sp³-hybridized carbons (Fsp3) is 0.643. The predicted octanol–water partition coefficient (Wildman–Crippen LogP) is 3.02. The first-order chi connectivity index (χ1) is 9.38. The third kappa shape index (κ3) is 3.62. The van der Waals surface area contributed by atoms with Gasteiger partial charge < -0.3 is 4.90 Å². The Morgan fingerprint density at radius 3 is 2.50 bits per heavy atom. The van der Waals surface area contributed by atoms with Gasteiger partial charge in [0.2, 0.25) is 0 Å². The number of rotatable bonds is 2. The van der Waals surface area contributed by atoms with Crippen LogP contribution in [0.25, 0.3) is 0 Å². The minimum absolute atomic E-state index is 0.422. The number of hydrogen-bond acceptors (Lipinski definition) is 3. The van der Waals surface area contributed by atoms with E-state index < -0.39 is 11.9 Å². The van der Waals surface area contributed by atoms with Crippen LogP contribution in [0.2, 0.25) is 0 Å². The van der Waals surface area contributed by atoms with Crippen molar-refractivity contribution in [3.05, 3.63) is 23.9 Å². The number of anilines is 1. The molecule has 6 heteroatoms. The lowest BCUT2D eigenvalue weighted by molar-refractivity contribution is -0.141. The van der Waals surface area contributed by atoms with Gasteiger partial charge in [-0.05, 0) is 32.4 Å². The number of aromatic nitrogens is 1. The number of hydrogen-bond donors (Lipinski definition) is 0. The normalized spacial score (nSPS) is 18.4. The van der Waals surface area contributed by atoms with Crippen molar-refractivity contribution in [3.8, 4) is 0 Å². The zero-order valence-electron chi connectivity index (χ0n) is 11.8. The van der Waals surface area contributed by atoms with E-state index in [1.165, 1.54) is 6.07 Å². The second kappa shape index (κ2) is 5.99. The highest BCUT2D eigenvalue weighted by Crippen LogP contribution is 2.29. The van der Waals surface area contributed by atoms with Crippen LogP contribution in [0.5, 0.6) is 0 Å². The highest BCUT2D eigenvalue weighted by Gasteiger charge is 2.33. The molecular weight excluding hydrogens is 267 g/mol. The summed E-state index contributed by atoms with van der Waals surface area (Å²) in [5.74, 6) is 0.422. The quantitative estimate of drug-likeness (QED) is 0.833. The van der Waals surface area contributed by atoms with Gasteiger partial charge in [-0.25, -0.2) is 4.98 Å². The standard InChI is InChI=1S/C14H20F3N3/c1-11(2)19-7-4-8-20(10-9-19)13-6-3-5-12(18-13)14(15,16)17/h3,5-6,11H,4,7-10H2,1-2H3. The summed E-state index contributed by atoms with van der Waals surface area (Å²) in [6, 6.07) is 4.56. The van der Waals surface area contributed by atoms with Gasteiger partial charge in [-0.3, -0.25) is 4.90 Å². The van der Waals surface area contributed by atoms with Crippen molar-refractivity contribution in [2.24, 2.45) is 0 Å². The van der Waals surface area contributed by atoms with E-state index in [9.17, 15) is 13.2 Å². The maximum atomic E-state index is 12.7. The molecule has 2 heterocycles. The number of pyridine rings is 1. The second-order valence-electron chi connectivity index (χ2n) is 5.35. The number of alkyl halides is 3. The molecule has 0 aromatic carbocycles. The van der Waals surface area contributed by atoms with Crippen LogP contribution in [0.1, 0.15) is 26.0 Å². The molecule has 112 valence electrons. The summed E-state index contributed by atoms with van der Waals surface area (Å²) < 4.78 is 38.1.